The van der Waals surface area contributed by atoms with E-state index in [1.165, 1.54) is 6.20 Å². The second kappa shape index (κ2) is 7.22. The summed E-state index contributed by atoms with van der Waals surface area (Å²) in [5.41, 5.74) is -0.901. The van der Waals surface area contributed by atoms with E-state index < -0.39 is 41.0 Å². The van der Waals surface area contributed by atoms with Crippen molar-refractivity contribution in [3.8, 4) is 0 Å². The van der Waals surface area contributed by atoms with Crippen molar-refractivity contribution in [3.63, 3.8) is 0 Å². The molecule has 2 heterocycles. The molecule has 0 amide bonds. The van der Waals surface area contributed by atoms with Crippen molar-refractivity contribution in [1.29, 1.82) is 0 Å². The molecule has 1 aliphatic heterocycles. The van der Waals surface area contributed by atoms with E-state index >= 15 is 0 Å². The highest BCUT2D eigenvalue weighted by Crippen LogP contribution is 2.32. The van der Waals surface area contributed by atoms with Gasteiger partial charge in [0, 0.05) is 12.3 Å². The SMILES string of the molecule is O=C(OC[C@@H]1O[C@H](n2ccc(=O)[nH]c2=O)[C@H](Cl)[C@H]1O)c1ccccc1. The summed E-state index contributed by atoms with van der Waals surface area (Å²) >= 11 is 6.13. The van der Waals surface area contributed by atoms with E-state index in [9.17, 15) is 19.5 Å². The van der Waals surface area contributed by atoms with Crippen LogP contribution in [0.5, 0.6) is 0 Å². The number of carbonyl (C=O) groups is 1. The zero-order valence-electron chi connectivity index (χ0n) is 12.9. The summed E-state index contributed by atoms with van der Waals surface area (Å²) < 4.78 is 11.8. The fraction of sp³-hybridized carbons (Fsp3) is 0.312. The number of aromatic nitrogens is 2. The summed E-state index contributed by atoms with van der Waals surface area (Å²) in [6.45, 7) is -0.229. The number of hydrogen-bond acceptors (Lipinski definition) is 6. The minimum Gasteiger partial charge on any atom is -0.459 e. The maximum atomic E-state index is 11.9. The third kappa shape index (κ3) is 3.65. The lowest BCUT2D eigenvalue weighted by molar-refractivity contribution is -0.0530. The molecule has 0 spiro atoms. The van der Waals surface area contributed by atoms with Crippen molar-refractivity contribution in [2.24, 2.45) is 0 Å². The van der Waals surface area contributed by atoms with Crippen LogP contribution in [-0.4, -0.2) is 44.8 Å². The Morgan fingerprint density at radius 2 is 2.00 bits per heavy atom. The molecule has 3 rings (SSSR count). The number of alkyl halides is 1. The highest BCUT2D eigenvalue weighted by atomic mass is 35.5. The molecule has 2 N–H and O–H groups in total. The van der Waals surface area contributed by atoms with Crippen molar-refractivity contribution in [2.75, 3.05) is 6.61 Å². The molecule has 1 aliphatic rings. The van der Waals surface area contributed by atoms with Gasteiger partial charge in [-0.15, -0.1) is 11.6 Å². The first-order chi connectivity index (χ1) is 12.0. The van der Waals surface area contributed by atoms with Crippen LogP contribution in [0.4, 0.5) is 0 Å². The first-order valence-corrected chi connectivity index (χ1v) is 7.92. The molecule has 0 radical (unpaired) electrons. The fourth-order valence-electron chi connectivity index (χ4n) is 2.51. The number of benzene rings is 1. The Hall–Kier alpha value is -2.42. The molecule has 0 bridgehead atoms. The number of aliphatic hydroxyl groups is 1. The predicted octanol–water partition coefficient (Wildman–Crippen LogP) is 0.259. The lowest BCUT2D eigenvalue weighted by Crippen LogP contribution is -2.35. The number of carbonyl (C=O) groups excluding carboxylic acids is 1. The van der Waals surface area contributed by atoms with Crippen LogP contribution >= 0.6 is 11.6 Å². The number of H-pyrrole nitrogens is 1. The van der Waals surface area contributed by atoms with Gasteiger partial charge < -0.3 is 14.6 Å². The average Bonchev–Trinajstić information content (AvgIpc) is 2.89. The molecular weight excluding hydrogens is 352 g/mol. The fourth-order valence-corrected chi connectivity index (χ4v) is 2.85. The molecule has 4 atom stereocenters. The van der Waals surface area contributed by atoms with Gasteiger partial charge in [-0.25, -0.2) is 9.59 Å². The van der Waals surface area contributed by atoms with E-state index in [0.717, 1.165) is 10.6 Å². The number of aliphatic hydroxyl groups excluding tert-OH is 1. The van der Waals surface area contributed by atoms with E-state index in [2.05, 4.69) is 4.98 Å². The van der Waals surface area contributed by atoms with Crippen LogP contribution in [0.25, 0.3) is 0 Å². The van der Waals surface area contributed by atoms with Gasteiger partial charge in [-0.2, -0.15) is 0 Å². The van der Waals surface area contributed by atoms with Gasteiger partial charge in [0.2, 0.25) is 0 Å². The van der Waals surface area contributed by atoms with E-state index in [1.54, 1.807) is 30.3 Å². The Balaban J connectivity index is 1.69. The van der Waals surface area contributed by atoms with Gasteiger partial charge in [0.15, 0.2) is 6.23 Å². The summed E-state index contributed by atoms with van der Waals surface area (Å²) in [6, 6.07) is 9.51. The highest BCUT2D eigenvalue weighted by molar-refractivity contribution is 6.21. The molecule has 132 valence electrons. The van der Waals surface area contributed by atoms with Crippen LogP contribution in [0.2, 0.25) is 0 Å². The van der Waals surface area contributed by atoms with Crippen molar-refractivity contribution in [2.45, 2.75) is 23.8 Å². The molecule has 0 unspecified atom stereocenters. The molecule has 2 aromatic rings. The lowest BCUT2D eigenvalue weighted by atomic mass is 10.2. The smallest absolute Gasteiger partial charge is 0.338 e. The number of ether oxygens (including phenoxy) is 2. The molecule has 1 aromatic carbocycles. The molecule has 8 nitrogen and oxygen atoms in total. The zero-order chi connectivity index (χ0) is 18.0. The molecule has 25 heavy (non-hydrogen) atoms. The summed E-state index contributed by atoms with van der Waals surface area (Å²) in [7, 11) is 0. The van der Waals surface area contributed by atoms with Gasteiger partial charge in [-0.3, -0.25) is 14.3 Å². The van der Waals surface area contributed by atoms with E-state index in [0.29, 0.717) is 5.56 Å². The quantitative estimate of drug-likeness (QED) is 0.593. The van der Waals surface area contributed by atoms with Crippen molar-refractivity contribution in [3.05, 3.63) is 69.0 Å². The van der Waals surface area contributed by atoms with Gasteiger partial charge >= 0.3 is 11.7 Å². The Bertz CT molecular complexity index is 865. The molecule has 0 aliphatic carbocycles. The second-order valence-corrected chi connectivity index (χ2v) is 5.99. The maximum absolute atomic E-state index is 11.9. The summed E-state index contributed by atoms with van der Waals surface area (Å²) in [5.74, 6) is -0.563. The predicted molar refractivity (Wildman–Crippen MR) is 87.6 cm³/mol. The molecular formula is C16H15ClN2O6. The molecule has 0 saturated carbocycles. The monoisotopic (exact) mass is 366 g/mol. The van der Waals surface area contributed by atoms with E-state index in [-0.39, 0.29) is 6.61 Å². The van der Waals surface area contributed by atoms with Gasteiger partial charge in [0.05, 0.1) is 5.56 Å². The number of esters is 1. The van der Waals surface area contributed by atoms with Crippen LogP contribution in [0.3, 0.4) is 0 Å². The zero-order valence-corrected chi connectivity index (χ0v) is 13.6. The lowest BCUT2D eigenvalue weighted by Gasteiger charge is -2.16. The van der Waals surface area contributed by atoms with Crippen LogP contribution < -0.4 is 11.2 Å². The summed E-state index contributed by atoms with van der Waals surface area (Å²) in [4.78, 5) is 37.0. The summed E-state index contributed by atoms with van der Waals surface area (Å²) in [6.07, 6.45) is -1.83. The molecule has 1 fully saturated rings. The first-order valence-electron chi connectivity index (χ1n) is 7.48. The summed E-state index contributed by atoms with van der Waals surface area (Å²) in [5, 5.41) is 9.23. The Labute approximate surface area is 146 Å². The third-order valence-corrected chi connectivity index (χ3v) is 4.28. The molecule has 1 saturated heterocycles. The van der Waals surface area contributed by atoms with Crippen LogP contribution in [0.15, 0.2) is 52.2 Å². The number of nitrogens with zero attached hydrogens (tertiary/aromatic N) is 1. The standard InChI is InChI=1S/C16H15ClN2O6/c17-12-13(21)10(8-24-15(22)9-4-2-1-3-5-9)25-14(12)19-7-6-11(20)18-16(19)23/h1-7,10,12-14,21H,8H2,(H,18,20,23)/t10-,12+,13-,14-/m0/s1. The number of hydrogen-bond donors (Lipinski definition) is 2. The number of nitrogens with one attached hydrogen (secondary N) is 1. The van der Waals surface area contributed by atoms with Crippen LogP contribution in [0.1, 0.15) is 16.6 Å². The normalized spacial score (nSPS) is 25.7. The van der Waals surface area contributed by atoms with E-state index in [4.69, 9.17) is 21.1 Å². The second-order valence-electron chi connectivity index (χ2n) is 5.48. The number of rotatable bonds is 4. The highest BCUT2D eigenvalue weighted by Gasteiger charge is 2.44. The Morgan fingerprint density at radius 1 is 1.28 bits per heavy atom. The topological polar surface area (TPSA) is 111 Å². The Kier molecular flexibility index (Phi) is 5.03. The maximum Gasteiger partial charge on any atom is 0.338 e. The minimum absolute atomic E-state index is 0.229. The average molecular weight is 367 g/mol. The van der Waals surface area contributed by atoms with E-state index in [1.807, 2.05) is 0 Å². The van der Waals surface area contributed by atoms with Gasteiger partial charge in [-0.05, 0) is 12.1 Å². The number of halogens is 1. The molecule has 9 heteroatoms. The minimum atomic E-state index is -1.16. The van der Waals surface area contributed by atoms with Crippen molar-refractivity contribution >= 4 is 17.6 Å². The third-order valence-electron chi connectivity index (χ3n) is 3.81. The van der Waals surface area contributed by atoms with Crippen molar-refractivity contribution in [1.82, 2.24) is 9.55 Å². The van der Waals surface area contributed by atoms with Gasteiger partial charge in [0.25, 0.3) is 5.56 Å². The van der Waals surface area contributed by atoms with Gasteiger partial charge in [-0.1, -0.05) is 18.2 Å². The first kappa shape index (κ1) is 17.4. The van der Waals surface area contributed by atoms with Gasteiger partial charge in [0.1, 0.15) is 24.2 Å². The Morgan fingerprint density at radius 3 is 2.68 bits per heavy atom. The van der Waals surface area contributed by atoms with Crippen LogP contribution in [0, 0.1) is 0 Å². The largest absolute Gasteiger partial charge is 0.459 e. The van der Waals surface area contributed by atoms with Crippen LogP contribution in [-0.2, 0) is 9.47 Å². The van der Waals surface area contributed by atoms with Crippen molar-refractivity contribution < 1.29 is 19.4 Å². The number of aromatic amines is 1. The molecule has 1 aromatic heterocycles.